The van der Waals surface area contributed by atoms with Gasteiger partial charge >= 0.3 is 6.18 Å². The average Bonchev–Trinajstić information content (AvgIpc) is 3.40. The molecule has 1 saturated heterocycles. The highest BCUT2D eigenvalue weighted by atomic mass is 32.2. The van der Waals surface area contributed by atoms with Gasteiger partial charge < -0.3 is 5.43 Å². The summed E-state index contributed by atoms with van der Waals surface area (Å²) in [5.41, 5.74) is 2.10. The molecule has 1 aliphatic carbocycles. The molecule has 2 N–H and O–H groups in total. The number of sulfonamides is 1. The summed E-state index contributed by atoms with van der Waals surface area (Å²) in [7, 11) is -4.20. The minimum absolute atomic E-state index is 0.188. The van der Waals surface area contributed by atoms with Gasteiger partial charge in [-0.3, -0.25) is 0 Å². The third-order valence-corrected chi connectivity index (χ3v) is 6.21. The molecule has 146 valence electrons. The van der Waals surface area contributed by atoms with Gasteiger partial charge in [0.15, 0.2) is 0 Å². The van der Waals surface area contributed by atoms with E-state index >= 15 is 0 Å². The largest absolute Gasteiger partial charge is 0.417 e. The molecule has 5 nitrogen and oxygen atoms in total. The molecule has 0 unspecified atom stereocenters. The molecule has 2 fully saturated rings. The highest BCUT2D eigenvalue weighted by molar-refractivity contribution is 7.89. The number of hydrogen-bond donors (Lipinski definition) is 2. The number of halogens is 3. The Kier molecular flexibility index (Phi) is 5.78. The molecule has 1 heterocycles. The van der Waals surface area contributed by atoms with Gasteiger partial charge in [0.05, 0.1) is 10.5 Å². The van der Waals surface area contributed by atoms with Gasteiger partial charge in [-0.05, 0) is 49.8 Å². The number of alkyl halides is 3. The van der Waals surface area contributed by atoms with Crippen LogP contribution in [0.2, 0.25) is 0 Å². The van der Waals surface area contributed by atoms with Crippen LogP contribution in [0.25, 0.3) is 0 Å². The lowest BCUT2D eigenvalue weighted by atomic mass is 10.2. The summed E-state index contributed by atoms with van der Waals surface area (Å²) >= 11 is 0. The van der Waals surface area contributed by atoms with Crippen LogP contribution in [-0.4, -0.2) is 33.1 Å². The minimum atomic E-state index is -4.75. The smallest absolute Gasteiger partial charge is 0.319 e. The Balaban J connectivity index is 1.83. The van der Waals surface area contributed by atoms with Crippen molar-refractivity contribution in [2.45, 2.75) is 49.6 Å². The highest BCUT2D eigenvalue weighted by Gasteiger charge is 2.38. The Morgan fingerprint density at radius 3 is 2.31 bits per heavy atom. The van der Waals surface area contributed by atoms with E-state index < -0.39 is 26.7 Å². The van der Waals surface area contributed by atoms with Crippen LogP contribution < -0.4 is 10.1 Å². The maximum Gasteiger partial charge on any atom is 0.417 e. The van der Waals surface area contributed by atoms with Gasteiger partial charge in [-0.2, -0.15) is 13.2 Å². The van der Waals surface area contributed by atoms with Gasteiger partial charge in [0.1, 0.15) is 0 Å². The van der Waals surface area contributed by atoms with Crippen molar-refractivity contribution in [3.63, 3.8) is 0 Å². The van der Waals surface area contributed by atoms with Crippen LogP contribution in [-0.2, 0) is 16.2 Å². The van der Waals surface area contributed by atoms with Crippen molar-refractivity contribution in [2.75, 3.05) is 25.1 Å². The second-order valence-corrected chi connectivity index (χ2v) is 8.75. The summed E-state index contributed by atoms with van der Waals surface area (Å²) < 4.78 is 67.4. The van der Waals surface area contributed by atoms with Crippen LogP contribution in [0.5, 0.6) is 0 Å². The van der Waals surface area contributed by atoms with E-state index in [4.69, 9.17) is 0 Å². The average molecular weight is 391 g/mol. The third kappa shape index (κ3) is 5.11. The standard InChI is InChI=1S/C17H24F3N3O2S/c18-17(19,20)15-11-14(22-23-9-3-1-2-4-10-23)7-8-16(15)26(24,25)21-12-13-5-6-13/h7-8,11,13,21-22H,1-6,9-10,12H2. The molecule has 0 atom stereocenters. The Hall–Kier alpha value is -1.32. The van der Waals surface area contributed by atoms with Crippen LogP contribution in [0.4, 0.5) is 18.9 Å². The molecule has 3 rings (SSSR count). The first-order chi connectivity index (χ1) is 12.3. The summed E-state index contributed by atoms with van der Waals surface area (Å²) in [4.78, 5) is -0.716. The number of nitrogens with one attached hydrogen (secondary N) is 2. The third-order valence-electron chi connectivity index (χ3n) is 4.73. The lowest BCUT2D eigenvalue weighted by molar-refractivity contribution is -0.139. The molecule has 9 heteroatoms. The number of benzene rings is 1. The van der Waals surface area contributed by atoms with Crippen molar-refractivity contribution >= 4 is 15.7 Å². The number of hydrogen-bond acceptors (Lipinski definition) is 4. The lowest BCUT2D eigenvalue weighted by Gasteiger charge is -2.23. The van der Waals surface area contributed by atoms with E-state index in [-0.39, 0.29) is 18.2 Å². The van der Waals surface area contributed by atoms with Gasteiger partial charge in [0.2, 0.25) is 10.0 Å². The predicted octanol–water partition coefficient (Wildman–Crippen LogP) is 3.60. The normalized spacial score (nSPS) is 20.0. The van der Waals surface area contributed by atoms with Crippen molar-refractivity contribution < 1.29 is 21.6 Å². The van der Waals surface area contributed by atoms with Gasteiger partial charge in [-0.1, -0.05) is 12.8 Å². The van der Waals surface area contributed by atoms with Crippen molar-refractivity contribution in [1.82, 2.24) is 9.73 Å². The first-order valence-electron chi connectivity index (χ1n) is 8.98. The lowest BCUT2D eigenvalue weighted by Crippen LogP contribution is -2.31. The van der Waals surface area contributed by atoms with E-state index in [1.807, 2.05) is 5.01 Å². The number of nitrogens with zero attached hydrogens (tertiary/aromatic N) is 1. The van der Waals surface area contributed by atoms with E-state index in [0.717, 1.165) is 63.7 Å². The maximum atomic E-state index is 13.5. The molecule has 0 aromatic heterocycles. The molecule has 26 heavy (non-hydrogen) atoms. The Morgan fingerprint density at radius 2 is 1.73 bits per heavy atom. The highest BCUT2D eigenvalue weighted by Crippen LogP contribution is 2.36. The first kappa shape index (κ1) is 19.4. The maximum absolute atomic E-state index is 13.5. The second-order valence-electron chi connectivity index (χ2n) is 7.02. The summed E-state index contributed by atoms with van der Waals surface area (Å²) in [5, 5.41) is 1.89. The minimum Gasteiger partial charge on any atom is -0.319 e. The molecule has 0 bridgehead atoms. The summed E-state index contributed by atoms with van der Waals surface area (Å²) in [5.74, 6) is 0.239. The van der Waals surface area contributed by atoms with Crippen LogP contribution >= 0.6 is 0 Å². The van der Waals surface area contributed by atoms with Crippen LogP contribution in [0.3, 0.4) is 0 Å². The van der Waals surface area contributed by atoms with Crippen molar-refractivity contribution in [1.29, 1.82) is 0 Å². The number of anilines is 1. The zero-order chi connectivity index (χ0) is 18.8. The van der Waals surface area contributed by atoms with E-state index in [1.165, 1.54) is 6.07 Å². The van der Waals surface area contributed by atoms with Crippen molar-refractivity contribution in [2.24, 2.45) is 5.92 Å². The second kappa shape index (κ2) is 7.74. The van der Waals surface area contributed by atoms with Crippen molar-refractivity contribution in [3.05, 3.63) is 23.8 Å². The summed E-state index contributed by atoms with van der Waals surface area (Å²) in [6.45, 7) is 1.70. The fourth-order valence-electron chi connectivity index (χ4n) is 3.05. The van der Waals surface area contributed by atoms with E-state index in [2.05, 4.69) is 10.1 Å². The monoisotopic (exact) mass is 391 g/mol. The Morgan fingerprint density at radius 1 is 1.08 bits per heavy atom. The van der Waals surface area contributed by atoms with Gasteiger partial charge in [-0.15, -0.1) is 0 Å². The van der Waals surface area contributed by atoms with Gasteiger partial charge in [0.25, 0.3) is 0 Å². The fraction of sp³-hybridized carbons (Fsp3) is 0.647. The molecule has 1 aromatic rings. The molecule has 0 spiro atoms. The van der Waals surface area contributed by atoms with E-state index in [1.54, 1.807) is 0 Å². The van der Waals surface area contributed by atoms with Gasteiger partial charge in [-0.25, -0.2) is 18.1 Å². The molecule has 2 aliphatic rings. The molecular weight excluding hydrogens is 367 g/mol. The quantitative estimate of drug-likeness (QED) is 0.778. The molecule has 1 saturated carbocycles. The molecular formula is C17H24F3N3O2S. The van der Waals surface area contributed by atoms with E-state index in [0.29, 0.717) is 0 Å². The van der Waals surface area contributed by atoms with Crippen LogP contribution in [0.15, 0.2) is 23.1 Å². The molecule has 0 radical (unpaired) electrons. The number of hydrazine groups is 1. The molecule has 0 amide bonds. The summed E-state index contributed by atoms with van der Waals surface area (Å²) in [6.07, 6.45) is 1.25. The number of rotatable bonds is 6. The zero-order valence-corrected chi connectivity index (χ0v) is 15.3. The summed E-state index contributed by atoms with van der Waals surface area (Å²) in [6, 6.07) is 3.32. The fourth-order valence-corrected chi connectivity index (χ4v) is 4.37. The van der Waals surface area contributed by atoms with Crippen LogP contribution in [0, 0.1) is 5.92 Å². The molecule has 1 aromatic carbocycles. The SMILES string of the molecule is O=S(=O)(NCC1CC1)c1ccc(NN2CCCCCC2)cc1C(F)(F)F. The van der Waals surface area contributed by atoms with Gasteiger partial charge in [0, 0.05) is 25.3 Å². The topological polar surface area (TPSA) is 61.4 Å². The van der Waals surface area contributed by atoms with E-state index in [9.17, 15) is 21.6 Å². The zero-order valence-electron chi connectivity index (χ0n) is 14.5. The van der Waals surface area contributed by atoms with Crippen molar-refractivity contribution in [3.8, 4) is 0 Å². The molecule has 1 aliphatic heterocycles. The Labute approximate surface area is 152 Å². The van der Waals surface area contributed by atoms with Crippen LogP contribution in [0.1, 0.15) is 44.1 Å². The Bertz CT molecular complexity index is 725. The first-order valence-corrected chi connectivity index (χ1v) is 10.5. The predicted molar refractivity (Wildman–Crippen MR) is 93.0 cm³/mol.